The van der Waals surface area contributed by atoms with Crippen molar-refractivity contribution in [3.05, 3.63) is 64.5 Å². The van der Waals surface area contributed by atoms with Gasteiger partial charge in [0.2, 0.25) is 11.8 Å². The van der Waals surface area contributed by atoms with E-state index < -0.39 is 0 Å². The van der Waals surface area contributed by atoms with Gasteiger partial charge in [-0.05, 0) is 57.9 Å². The van der Waals surface area contributed by atoms with Crippen LogP contribution in [-0.2, 0) is 22.6 Å². The van der Waals surface area contributed by atoms with Gasteiger partial charge in [0.15, 0.2) is 5.16 Å². The monoisotopic (exact) mass is 451 g/mol. The lowest BCUT2D eigenvalue weighted by molar-refractivity contribution is -0.116. The Kier molecular flexibility index (Phi) is 7.69. The second kappa shape index (κ2) is 10.5. The van der Waals surface area contributed by atoms with E-state index in [-0.39, 0.29) is 24.0 Å². The van der Waals surface area contributed by atoms with E-state index in [1.165, 1.54) is 17.3 Å². The molecule has 0 bridgehead atoms. The van der Waals surface area contributed by atoms with Crippen LogP contribution >= 0.6 is 11.8 Å². The fraction of sp³-hybridized carbons (Fsp3) is 0.333. The summed E-state index contributed by atoms with van der Waals surface area (Å²) in [6.45, 7) is 10.6. The van der Waals surface area contributed by atoms with Gasteiger partial charge in [0.25, 0.3) is 0 Å². The van der Waals surface area contributed by atoms with Crippen LogP contribution < -0.4 is 10.6 Å². The summed E-state index contributed by atoms with van der Waals surface area (Å²) in [5, 5.41) is 14.9. The normalized spacial score (nSPS) is 10.8. The number of anilines is 2. The van der Waals surface area contributed by atoms with Crippen molar-refractivity contribution < 1.29 is 9.59 Å². The summed E-state index contributed by atoms with van der Waals surface area (Å²) in [6.07, 6.45) is 0.114. The Hall–Kier alpha value is -3.13. The van der Waals surface area contributed by atoms with E-state index >= 15 is 0 Å². The second-order valence-electron chi connectivity index (χ2n) is 7.84. The predicted molar refractivity (Wildman–Crippen MR) is 129 cm³/mol. The van der Waals surface area contributed by atoms with Gasteiger partial charge in [0, 0.05) is 17.9 Å². The predicted octanol–water partition coefficient (Wildman–Crippen LogP) is 4.44. The minimum atomic E-state index is -0.157. The zero-order valence-corrected chi connectivity index (χ0v) is 20.0. The molecular weight excluding hydrogens is 422 g/mol. The fourth-order valence-corrected chi connectivity index (χ4v) is 4.36. The molecule has 2 aromatic carbocycles. The number of rotatable bonds is 8. The third kappa shape index (κ3) is 5.97. The molecule has 0 aliphatic heterocycles. The van der Waals surface area contributed by atoms with Gasteiger partial charge in [-0.1, -0.05) is 47.2 Å². The highest BCUT2D eigenvalue weighted by molar-refractivity contribution is 7.99. The summed E-state index contributed by atoms with van der Waals surface area (Å²) in [5.41, 5.74) is 5.98. The number of amides is 2. The number of hydrogen-bond acceptors (Lipinski definition) is 5. The zero-order chi connectivity index (χ0) is 23.3. The third-order valence-corrected chi connectivity index (χ3v) is 6.00. The first-order valence-electron chi connectivity index (χ1n) is 10.6. The molecule has 0 aliphatic carbocycles. The van der Waals surface area contributed by atoms with Gasteiger partial charge in [0.1, 0.15) is 5.82 Å². The average molecular weight is 452 g/mol. The fourth-order valence-electron chi connectivity index (χ4n) is 3.54. The van der Waals surface area contributed by atoms with E-state index in [0.717, 1.165) is 28.1 Å². The Bertz CT molecular complexity index is 1100. The van der Waals surface area contributed by atoms with Gasteiger partial charge in [0.05, 0.1) is 12.2 Å². The van der Waals surface area contributed by atoms with Gasteiger partial charge in [-0.3, -0.25) is 9.59 Å². The second-order valence-corrected chi connectivity index (χ2v) is 8.79. The number of nitrogens with one attached hydrogen (secondary N) is 2. The maximum absolute atomic E-state index is 12.5. The molecule has 2 N–H and O–H groups in total. The topological polar surface area (TPSA) is 88.9 Å². The summed E-state index contributed by atoms with van der Waals surface area (Å²) in [6, 6.07) is 11.7. The molecule has 0 spiro atoms. The SMILES string of the molecule is CCn1c(CC(=O)Nc2ccc(C)cc2)nnc1SCC(=O)Nc1c(C)cc(C)cc1C. The van der Waals surface area contributed by atoms with E-state index in [9.17, 15) is 9.59 Å². The molecular formula is C24H29N5O2S. The van der Waals surface area contributed by atoms with E-state index in [0.29, 0.717) is 17.5 Å². The minimum absolute atomic E-state index is 0.102. The summed E-state index contributed by atoms with van der Waals surface area (Å²) >= 11 is 1.31. The van der Waals surface area contributed by atoms with Crippen LogP contribution in [0.5, 0.6) is 0 Å². The summed E-state index contributed by atoms with van der Waals surface area (Å²) < 4.78 is 1.87. The largest absolute Gasteiger partial charge is 0.326 e. The first-order chi connectivity index (χ1) is 15.3. The number of aryl methyl sites for hydroxylation is 4. The lowest BCUT2D eigenvalue weighted by Gasteiger charge is -2.13. The molecule has 0 atom stereocenters. The molecule has 0 radical (unpaired) electrons. The number of hydrogen-bond donors (Lipinski definition) is 2. The van der Waals surface area contributed by atoms with Crippen molar-refractivity contribution in [2.24, 2.45) is 0 Å². The van der Waals surface area contributed by atoms with E-state index in [1.807, 2.05) is 63.5 Å². The van der Waals surface area contributed by atoms with Gasteiger partial charge in [-0.2, -0.15) is 0 Å². The molecule has 0 saturated heterocycles. The average Bonchev–Trinajstić information content (AvgIpc) is 3.12. The van der Waals surface area contributed by atoms with Gasteiger partial charge < -0.3 is 15.2 Å². The molecule has 0 fully saturated rings. The zero-order valence-electron chi connectivity index (χ0n) is 19.2. The number of aromatic nitrogens is 3. The van der Waals surface area contributed by atoms with E-state index in [4.69, 9.17) is 0 Å². The van der Waals surface area contributed by atoms with Gasteiger partial charge >= 0.3 is 0 Å². The Morgan fingerprint density at radius 2 is 1.56 bits per heavy atom. The molecule has 7 nitrogen and oxygen atoms in total. The smallest absolute Gasteiger partial charge is 0.234 e. The lowest BCUT2D eigenvalue weighted by Crippen LogP contribution is -2.18. The molecule has 2 amide bonds. The van der Waals surface area contributed by atoms with Crippen molar-refractivity contribution in [2.75, 3.05) is 16.4 Å². The van der Waals surface area contributed by atoms with Crippen LogP contribution in [0.2, 0.25) is 0 Å². The molecule has 8 heteroatoms. The molecule has 1 heterocycles. The Morgan fingerprint density at radius 1 is 0.906 bits per heavy atom. The first-order valence-corrected chi connectivity index (χ1v) is 11.5. The molecule has 32 heavy (non-hydrogen) atoms. The minimum Gasteiger partial charge on any atom is -0.326 e. The number of carbonyl (C=O) groups excluding carboxylic acids is 2. The van der Waals surface area contributed by atoms with Gasteiger partial charge in [-0.25, -0.2) is 0 Å². The lowest BCUT2D eigenvalue weighted by atomic mass is 10.1. The van der Waals surface area contributed by atoms with Crippen molar-refractivity contribution in [1.82, 2.24) is 14.8 Å². The van der Waals surface area contributed by atoms with Crippen LogP contribution in [0.1, 0.15) is 35.0 Å². The number of carbonyl (C=O) groups is 2. The highest BCUT2D eigenvalue weighted by Crippen LogP contribution is 2.23. The maximum Gasteiger partial charge on any atom is 0.234 e. The van der Waals surface area contributed by atoms with Crippen molar-refractivity contribution in [3.8, 4) is 0 Å². The first kappa shape index (κ1) is 23.5. The molecule has 0 saturated carbocycles. The standard InChI is InChI=1S/C24H29N5O2S/c1-6-29-20(13-21(30)25-19-9-7-15(2)8-10-19)27-28-24(29)32-14-22(31)26-23-17(4)11-16(3)12-18(23)5/h7-12H,6,13-14H2,1-5H3,(H,25,30)(H,26,31). The van der Waals surface area contributed by atoms with E-state index in [1.54, 1.807) is 0 Å². The van der Waals surface area contributed by atoms with Crippen LogP contribution in [0.25, 0.3) is 0 Å². The molecule has 168 valence electrons. The number of nitrogens with zero attached hydrogens (tertiary/aromatic N) is 3. The van der Waals surface area contributed by atoms with E-state index in [2.05, 4.69) is 33.0 Å². The van der Waals surface area contributed by atoms with Crippen LogP contribution in [0.15, 0.2) is 41.6 Å². The molecule has 0 aliphatic rings. The summed E-state index contributed by atoms with van der Waals surface area (Å²) in [4.78, 5) is 25.0. The summed E-state index contributed by atoms with van der Waals surface area (Å²) in [7, 11) is 0. The molecule has 3 aromatic rings. The van der Waals surface area contributed by atoms with Gasteiger partial charge in [-0.15, -0.1) is 10.2 Å². The van der Waals surface area contributed by atoms with Crippen molar-refractivity contribution in [3.63, 3.8) is 0 Å². The molecule has 0 unspecified atom stereocenters. The third-order valence-electron chi connectivity index (χ3n) is 5.04. The van der Waals surface area contributed by atoms with Crippen molar-refractivity contribution >= 4 is 35.0 Å². The Morgan fingerprint density at radius 3 is 2.19 bits per heavy atom. The number of thioether (sulfide) groups is 1. The number of benzene rings is 2. The quantitative estimate of drug-likeness (QED) is 0.494. The highest BCUT2D eigenvalue weighted by Gasteiger charge is 2.17. The van der Waals surface area contributed by atoms with Crippen LogP contribution in [0.3, 0.4) is 0 Å². The van der Waals surface area contributed by atoms with Crippen LogP contribution in [0.4, 0.5) is 11.4 Å². The summed E-state index contributed by atoms with van der Waals surface area (Å²) in [5.74, 6) is 0.524. The van der Waals surface area contributed by atoms with Crippen LogP contribution in [0, 0.1) is 27.7 Å². The Balaban J connectivity index is 1.60. The van der Waals surface area contributed by atoms with Crippen molar-refractivity contribution in [2.45, 2.75) is 52.7 Å². The molecule has 3 rings (SSSR count). The highest BCUT2D eigenvalue weighted by atomic mass is 32.2. The van der Waals surface area contributed by atoms with Crippen LogP contribution in [-0.4, -0.2) is 32.3 Å². The molecule has 1 aromatic heterocycles. The Labute approximate surface area is 193 Å². The maximum atomic E-state index is 12.5. The van der Waals surface area contributed by atoms with Crippen molar-refractivity contribution in [1.29, 1.82) is 0 Å².